The van der Waals surface area contributed by atoms with Crippen molar-refractivity contribution in [2.45, 2.75) is 33.1 Å². The van der Waals surface area contributed by atoms with Gasteiger partial charge < -0.3 is 0 Å². The highest BCUT2D eigenvalue weighted by atomic mass is 79.9. The van der Waals surface area contributed by atoms with E-state index >= 15 is 0 Å². The van der Waals surface area contributed by atoms with Crippen LogP contribution in [0.4, 0.5) is 0 Å². The Kier molecular flexibility index (Phi) is 6.53. The zero-order valence-corrected chi connectivity index (χ0v) is 15.1. The second-order valence-electron chi connectivity index (χ2n) is 5.43. The average Bonchev–Trinajstić information content (AvgIpc) is 2.58. The molecule has 0 aliphatic rings. The number of carbonyl (C=O) groups is 1. The number of rotatable bonds is 6. The molecule has 2 aromatic rings. The van der Waals surface area contributed by atoms with Crippen LogP contribution in [0.15, 0.2) is 58.1 Å². The standard InChI is InChI=1S/C19H21BrN2O/c1-3-4-10-18(15-8-6-5-7-9-15)21-22-19(23)16-12-11-14(2)17(20)13-16/h5-9,11-13H,3-4,10H2,1-2H3,(H,22,23). The van der Waals surface area contributed by atoms with Crippen LogP contribution in [0, 0.1) is 6.92 Å². The summed E-state index contributed by atoms with van der Waals surface area (Å²) >= 11 is 3.45. The van der Waals surface area contributed by atoms with Crippen molar-refractivity contribution in [3.05, 3.63) is 69.7 Å². The fourth-order valence-electron chi connectivity index (χ4n) is 2.16. The average molecular weight is 373 g/mol. The van der Waals surface area contributed by atoms with Gasteiger partial charge in [-0.05, 0) is 43.0 Å². The first-order valence-corrected chi connectivity index (χ1v) is 8.59. The van der Waals surface area contributed by atoms with Gasteiger partial charge in [-0.15, -0.1) is 0 Å². The summed E-state index contributed by atoms with van der Waals surface area (Å²) < 4.78 is 0.920. The number of halogens is 1. The lowest BCUT2D eigenvalue weighted by Crippen LogP contribution is -2.20. The first-order valence-electron chi connectivity index (χ1n) is 7.80. The lowest BCUT2D eigenvalue weighted by molar-refractivity contribution is 0.0954. The highest BCUT2D eigenvalue weighted by molar-refractivity contribution is 9.10. The van der Waals surface area contributed by atoms with Crippen LogP contribution < -0.4 is 5.43 Å². The van der Waals surface area contributed by atoms with E-state index in [1.54, 1.807) is 6.07 Å². The molecule has 0 heterocycles. The minimum atomic E-state index is -0.198. The zero-order chi connectivity index (χ0) is 16.7. The molecule has 0 saturated heterocycles. The molecule has 0 bridgehead atoms. The minimum Gasteiger partial charge on any atom is -0.267 e. The van der Waals surface area contributed by atoms with E-state index in [1.807, 2.05) is 49.4 Å². The molecule has 4 heteroatoms. The molecule has 0 spiro atoms. The van der Waals surface area contributed by atoms with Gasteiger partial charge >= 0.3 is 0 Å². The smallest absolute Gasteiger partial charge is 0.267 e. The zero-order valence-electron chi connectivity index (χ0n) is 13.5. The van der Waals surface area contributed by atoms with Gasteiger partial charge in [0.15, 0.2) is 0 Å². The van der Waals surface area contributed by atoms with Gasteiger partial charge in [0.2, 0.25) is 0 Å². The van der Waals surface area contributed by atoms with Gasteiger partial charge in [-0.25, -0.2) is 5.43 Å². The quantitative estimate of drug-likeness (QED) is 0.557. The number of aryl methyl sites for hydroxylation is 1. The highest BCUT2D eigenvalue weighted by Crippen LogP contribution is 2.17. The van der Waals surface area contributed by atoms with Crippen molar-refractivity contribution in [1.29, 1.82) is 0 Å². The number of nitrogens with zero attached hydrogens (tertiary/aromatic N) is 1. The van der Waals surface area contributed by atoms with Crippen molar-refractivity contribution < 1.29 is 4.79 Å². The summed E-state index contributed by atoms with van der Waals surface area (Å²) in [5, 5.41) is 4.36. The van der Waals surface area contributed by atoms with Crippen LogP contribution in [-0.4, -0.2) is 11.6 Å². The molecule has 0 saturated carbocycles. The van der Waals surface area contributed by atoms with E-state index in [0.717, 1.165) is 40.6 Å². The Morgan fingerprint density at radius 1 is 1.13 bits per heavy atom. The Balaban J connectivity index is 2.15. The maximum absolute atomic E-state index is 12.3. The van der Waals surface area contributed by atoms with Gasteiger partial charge in [0.1, 0.15) is 0 Å². The maximum atomic E-state index is 12.3. The van der Waals surface area contributed by atoms with Crippen LogP contribution in [0.2, 0.25) is 0 Å². The summed E-state index contributed by atoms with van der Waals surface area (Å²) in [7, 11) is 0. The monoisotopic (exact) mass is 372 g/mol. The Bertz CT molecular complexity index is 696. The fraction of sp³-hybridized carbons (Fsp3) is 0.263. The summed E-state index contributed by atoms with van der Waals surface area (Å²) in [5.74, 6) is -0.198. The molecule has 0 unspecified atom stereocenters. The summed E-state index contributed by atoms with van der Waals surface area (Å²) in [6.45, 7) is 4.13. The van der Waals surface area contributed by atoms with Gasteiger partial charge in [0.25, 0.3) is 5.91 Å². The van der Waals surface area contributed by atoms with Crippen LogP contribution >= 0.6 is 15.9 Å². The van der Waals surface area contributed by atoms with Crippen molar-refractivity contribution in [1.82, 2.24) is 5.43 Å². The molecule has 2 rings (SSSR count). The van der Waals surface area contributed by atoms with E-state index in [0.29, 0.717) is 5.56 Å². The van der Waals surface area contributed by atoms with Crippen molar-refractivity contribution in [3.8, 4) is 0 Å². The molecule has 0 radical (unpaired) electrons. The Morgan fingerprint density at radius 3 is 2.52 bits per heavy atom. The van der Waals surface area contributed by atoms with Crippen LogP contribution in [0.3, 0.4) is 0 Å². The molecular weight excluding hydrogens is 352 g/mol. The van der Waals surface area contributed by atoms with E-state index in [2.05, 4.69) is 33.4 Å². The number of hydrazone groups is 1. The number of hydrogen-bond acceptors (Lipinski definition) is 2. The van der Waals surface area contributed by atoms with E-state index in [1.165, 1.54) is 0 Å². The second-order valence-corrected chi connectivity index (χ2v) is 6.29. The Labute approximate surface area is 145 Å². The van der Waals surface area contributed by atoms with Crippen molar-refractivity contribution in [2.24, 2.45) is 5.10 Å². The molecule has 0 atom stereocenters. The highest BCUT2D eigenvalue weighted by Gasteiger charge is 2.08. The maximum Gasteiger partial charge on any atom is 0.271 e. The molecule has 120 valence electrons. The number of amides is 1. The minimum absolute atomic E-state index is 0.198. The molecule has 23 heavy (non-hydrogen) atoms. The lowest BCUT2D eigenvalue weighted by atomic mass is 10.1. The third-order valence-electron chi connectivity index (χ3n) is 3.60. The SMILES string of the molecule is CCCCC(=NNC(=O)c1ccc(C)c(Br)c1)c1ccccc1. The number of unbranched alkanes of at least 4 members (excludes halogenated alkanes) is 1. The number of hydrogen-bond donors (Lipinski definition) is 1. The van der Waals surface area contributed by atoms with Crippen LogP contribution in [-0.2, 0) is 0 Å². The van der Waals surface area contributed by atoms with Gasteiger partial charge in [-0.2, -0.15) is 5.10 Å². The summed E-state index contributed by atoms with van der Waals surface area (Å²) in [4.78, 5) is 12.3. The van der Waals surface area contributed by atoms with E-state index in [-0.39, 0.29) is 5.91 Å². The van der Waals surface area contributed by atoms with Crippen LogP contribution in [0.1, 0.15) is 47.7 Å². The molecule has 2 aromatic carbocycles. The number of nitrogens with one attached hydrogen (secondary N) is 1. The molecule has 0 aliphatic carbocycles. The predicted octanol–water partition coefficient (Wildman–Crippen LogP) is 5.08. The van der Waals surface area contributed by atoms with E-state index in [9.17, 15) is 4.79 Å². The third kappa shape index (κ3) is 5.03. The predicted molar refractivity (Wildman–Crippen MR) is 98.8 cm³/mol. The van der Waals surface area contributed by atoms with Gasteiger partial charge in [-0.3, -0.25) is 4.79 Å². The number of carbonyl (C=O) groups excluding carboxylic acids is 1. The topological polar surface area (TPSA) is 41.5 Å². The van der Waals surface area contributed by atoms with E-state index in [4.69, 9.17) is 0 Å². The van der Waals surface area contributed by atoms with E-state index < -0.39 is 0 Å². The molecule has 3 nitrogen and oxygen atoms in total. The van der Waals surface area contributed by atoms with Crippen molar-refractivity contribution in [2.75, 3.05) is 0 Å². The lowest BCUT2D eigenvalue weighted by Gasteiger charge is -2.08. The second kappa shape index (κ2) is 8.63. The normalized spacial score (nSPS) is 11.3. The van der Waals surface area contributed by atoms with Crippen molar-refractivity contribution >= 4 is 27.5 Å². The third-order valence-corrected chi connectivity index (χ3v) is 4.45. The van der Waals surface area contributed by atoms with Gasteiger partial charge in [0, 0.05) is 10.0 Å². The molecule has 1 N–H and O–H groups in total. The Hall–Kier alpha value is -1.94. The summed E-state index contributed by atoms with van der Waals surface area (Å²) in [5.41, 5.74) is 6.33. The number of benzene rings is 2. The van der Waals surface area contributed by atoms with Crippen LogP contribution in [0.5, 0.6) is 0 Å². The van der Waals surface area contributed by atoms with Gasteiger partial charge in [0.05, 0.1) is 5.71 Å². The Morgan fingerprint density at radius 2 is 1.87 bits per heavy atom. The molecular formula is C19H21BrN2O. The molecule has 1 amide bonds. The molecule has 0 aromatic heterocycles. The summed E-state index contributed by atoms with van der Waals surface area (Å²) in [6, 6.07) is 15.5. The first kappa shape index (κ1) is 17.4. The first-order chi connectivity index (χ1) is 11.1. The largest absolute Gasteiger partial charge is 0.271 e. The van der Waals surface area contributed by atoms with Crippen molar-refractivity contribution in [3.63, 3.8) is 0 Å². The summed E-state index contributed by atoms with van der Waals surface area (Å²) in [6.07, 6.45) is 2.97. The molecule has 0 aliphatic heterocycles. The van der Waals surface area contributed by atoms with Gasteiger partial charge in [-0.1, -0.05) is 65.7 Å². The molecule has 0 fully saturated rings. The van der Waals surface area contributed by atoms with Crippen LogP contribution in [0.25, 0.3) is 0 Å². The fourth-order valence-corrected chi connectivity index (χ4v) is 2.54.